The average Bonchev–Trinajstić information content (AvgIpc) is 3.20. The standard InChI is InChI=1S/C16H18N6O2/c1-11-3-4-13-14(18-11)19-16(24-13)22-7-5-21(6-8-22)15(23)12-9-17-10-20(12)2/h3-4,9-10H,5-8H2,1-2H3. The molecule has 0 aromatic carbocycles. The van der Waals surface area contributed by atoms with E-state index in [1.807, 2.05) is 35.9 Å². The molecule has 1 aliphatic rings. The third-order valence-corrected chi connectivity index (χ3v) is 4.25. The Kier molecular flexibility index (Phi) is 3.44. The van der Waals surface area contributed by atoms with Crippen molar-refractivity contribution in [2.75, 3.05) is 31.1 Å². The number of amides is 1. The molecule has 0 bridgehead atoms. The van der Waals surface area contributed by atoms with Gasteiger partial charge in [-0.3, -0.25) is 4.79 Å². The molecule has 1 aliphatic heterocycles. The molecular weight excluding hydrogens is 308 g/mol. The van der Waals surface area contributed by atoms with Crippen molar-refractivity contribution in [1.29, 1.82) is 0 Å². The Morgan fingerprint density at radius 1 is 1.17 bits per heavy atom. The van der Waals surface area contributed by atoms with Gasteiger partial charge in [-0.25, -0.2) is 9.97 Å². The van der Waals surface area contributed by atoms with Crippen LogP contribution in [-0.2, 0) is 7.05 Å². The molecule has 4 heterocycles. The van der Waals surface area contributed by atoms with E-state index in [1.54, 1.807) is 17.1 Å². The van der Waals surface area contributed by atoms with Crippen molar-refractivity contribution in [2.24, 2.45) is 7.05 Å². The van der Waals surface area contributed by atoms with Gasteiger partial charge >= 0.3 is 0 Å². The first-order valence-corrected chi connectivity index (χ1v) is 7.86. The molecule has 0 spiro atoms. The molecule has 0 saturated carbocycles. The molecule has 0 radical (unpaired) electrons. The van der Waals surface area contributed by atoms with Crippen LogP contribution in [0.25, 0.3) is 11.2 Å². The lowest BCUT2D eigenvalue weighted by Gasteiger charge is -2.33. The van der Waals surface area contributed by atoms with Gasteiger partial charge < -0.3 is 18.8 Å². The van der Waals surface area contributed by atoms with E-state index in [-0.39, 0.29) is 5.91 Å². The zero-order valence-corrected chi connectivity index (χ0v) is 13.6. The molecule has 1 fully saturated rings. The van der Waals surface area contributed by atoms with Gasteiger partial charge in [-0.05, 0) is 19.1 Å². The fourth-order valence-electron chi connectivity index (χ4n) is 2.86. The predicted molar refractivity (Wildman–Crippen MR) is 87.9 cm³/mol. The van der Waals surface area contributed by atoms with Crippen LogP contribution < -0.4 is 4.90 Å². The van der Waals surface area contributed by atoms with E-state index in [9.17, 15) is 4.79 Å². The molecule has 8 heteroatoms. The van der Waals surface area contributed by atoms with Crippen LogP contribution in [0.2, 0.25) is 0 Å². The van der Waals surface area contributed by atoms with Gasteiger partial charge in [-0.2, -0.15) is 4.98 Å². The molecular formula is C16H18N6O2. The Labute approximate surface area is 138 Å². The molecule has 24 heavy (non-hydrogen) atoms. The Balaban J connectivity index is 1.47. The van der Waals surface area contributed by atoms with E-state index in [0.29, 0.717) is 49.1 Å². The van der Waals surface area contributed by atoms with Crippen LogP contribution in [0.3, 0.4) is 0 Å². The third-order valence-electron chi connectivity index (χ3n) is 4.25. The van der Waals surface area contributed by atoms with E-state index in [1.165, 1.54) is 0 Å². The zero-order valence-electron chi connectivity index (χ0n) is 13.6. The zero-order chi connectivity index (χ0) is 16.7. The number of pyridine rings is 1. The molecule has 124 valence electrons. The van der Waals surface area contributed by atoms with Gasteiger partial charge in [0.2, 0.25) is 5.65 Å². The first kappa shape index (κ1) is 14.7. The number of aromatic nitrogens is 4. The fraction of sp³-hybridized carbons (Fsp3) is 0.375. The maximum absolute atomic E-state index is 12.5. The van der Waals surface area contributed by atoms with Crippen LogP contribution in [0.5, 0.6) is 0 Å². The van der Waals surface area contributed by atoms with Crippen molar-refractivity contribution in [1.82, 2.24) is 24.4 Å². The van der Waals surface area contributed by atoms with Gasteiger partial charge in [0, 0.05) is 38.9 Å². The number of hydrogen-bond acceptors (Lipinski definition) is 6. The number of piperazine rings is 1. The predicted octanol–water partition coefficient (Wildman–Crippen LogP) is 1.23. The minimum atomic E-state index is 0.00417. The first-order chi connectivity index (χ1) is 11.6. The number of rotatable bonds is 2. The molecule has 0 N–H and O–H groups in total. The number of imidazole rings is 1. The SMILES string of the molecule is Cc1ccc2oc(N3CCN(C(=O)c4cncn4C)CC3)nc2n1. The summed E-state index contributed by atoms with van der Waals surface area (Å²) in [6.07, 6.45) is 3.24. The minimum Gasteiger partial charge on any atom is -0.422 e. The number of carbonyl (C=O) groups excluding carboxylic acids is 1. The average molecular weight is 326 g/mol. The minimum absolute atomic E-state index is 0.00417. The molecule has 3 aromatic rings. The van der Waals surface area contributed by atoms with Gasteiger partial charge in [0.1, 0.15) is 5.69 Å². The smallest absolute Gasteiger partial charge is 0.300 e. The molecule has 0 unspecified atom stereocenters. The topological polar surface area (TPSA) is 80.3 Å². The summed E-state index contributed by atoms with van der Waals surface area (Å²) in [6.45, 7) is 4.52. The van der Waals surface area contributed by atoms with Crippen molar-refractivity contribution >= 4 is 23.2 Å². The lowest BCUT2D eigenvalue weighted by Crippen LogP contribution is -2.49. The second-order valence-electron chi connectivity index (χ2n) is 5.94. The quantitative estimate of drug-likeness (QED) is 0.704. The highest BCUT2D eigenvalue weighted by molar-refractivity contribution is 5.92. The lowest BCUT2D eigenvalue weighted by molar-refractivity contribution is 0.0735. The summed E-state index contributed by atoms with van der Waals surface area (Å²) in [6, 6.07) is 4.36. The third kappa shape index (κ3) is 2.49. The number of aryl methyl sites for hydroxylation is 2. The highest BCUT2D eigenvalue weighted by atomic mass is 16.4. The van der Waals surface area contributed by atoms with Crippen LogP contribution >= 0.6 is 0 Å². The number of hydrogen-bond donors (Lipinski definition) is 0. The van der Waals surface area contributed by atoms with E-state index in [4.69, 9.17) is 4.42 Å². The molecule has 4 rings (SSSR count). The van der Waals surface area contributed by atoms with Crippen molar-refractivity contribution in [2.45, 2.75) is 6.92 Å². The maximum atomic E-state index is 12.5. The summed E-state index contributed by atoms with van der Waals surface area (Å²) < 4.78 is 7.52. The summed E-state index contributed by atoms with van der Waals surface area (Å²) in [5.41, 5.74) is 2.82. The fourth-order valence-corrected chi connectivity index (χ4v) is 2.86. The Bertz CT molecular complexity index is 891. The van der Waals surface area contributed by atoms with Crippen LogP contribution in [0, 0.1) is 6.92 Å². The van der Waals surface area contributed by atoms with Gasteiger partial charge in [0.05, 0.1) is 12.5 Å². The normalized spacial score (nSPS) is 15.2. The molecule has 0 atom stereocenters. The maximum Gasteiger partial charge on any atom is 0.300 e. The Hall–Kier alpha value is -2.90. The van der Waals surface area contributed by atoms with E-state index < -0.39 is 0 Å². The Morgan fingerprint density at radius 3 is 2.67 bits per heavy atom. The molecule has 3 aromatic heterocycles. The molecule has 8 nitrogen and oxygen atoms in total. The second kappa shape index (κ2) is 5.63. The number of carbonyl (C=O) groups is 1. The number of anilines is 1. The van der Waals surface area contributed by atoms with Gasteiger partial charge in [-0.1, -0.05) is 0 Å². The summed E-state index contributed by atoms with van der Waals surface area (Å²) in [5.74, 6) is 0.00417. The largest absolute Gasteiger partial charge is 0.422 e. The summed E-state index contributed by atoms with van der Waals surface area (Å²) in [5, 5.41) is 0. The van der Waals surface area contributed by atoms with Crippen molar-refractivity contribution in [3.05, 3.63) is 36.0 Å². The van der Waals surface area contributed by atoms with Crippen LogP contribution in [0.1, 0.15) is 16.2 Å². The lowest BCUT2D eigenvalue weighted by atomic mass is 10.3. The van der Waals surface area contributed by atoms with Crippen molar-refractivity contribution < 1.29 is 9.21 Å². The highest BCUT2D eigenvalue weighted by Gasteiger charge is 2.26. The van der Waals surface area contributed by atoms with Crippen molar-refractivity contribution in [3.63, 3.8) is 0 Å². The van der Waals surface area contributed by atoms with Crippen LogP contribution in [-0.4, -0.2) is 56.5 Å². The number of nitrogens with zero attached hydrogens (tertiary/aromatic N) is 6. The van der Waals surface area contributed by atoms with E-state index in [0.717, 1.165) is 5.69 Å². The van der Waals surface area contributed by atoms with Crippen molar-refractivity contribution in [3.8, 4) is 0 Å². The number of fused-ring (bicyclic) bond motifs is 1. The van der Waals surface area contributed by atoms with E-state index >= 15 is 0 Å². The van der Waals surface area contributed by atoms with Gasteiger partial charge in [-0.15, -0.1) is 0 Å². The van der Waals surface area contributed by atoms with Gasteiger partial charge in [0.25, 0.3) is 11.9 Å². The molecule has 1 saturated heterocycles. The first-order valence-electron chi connectivity index (χ1n) is 7.86. The Morgan fingerprint density at radius 2 is 1.96 bits per heavy atom. The highest BCUT2D eigenvalue weighted by Crippen LogP contribution is 2.22. The number of oxazole rings is 1. The van der Waals surface area contributed by atoms with E-state index in [2.05, 4.69) is 15.0 Å². The summed E-state index contributed by atoms with van der Waals surface area (Å²) >= 11 is 0. The second-order valence-corrected chi connectivity index (χ2v) is 5.94. The van der Waals surface area contributed by atoms with Gasteiger partial charge in [0.15, 0.2) is 5.58 Å². The monoisotopic (exact) mass is 326 g/mol. The van der Waals surface area contributed by atoms with Crippen LogP contribution in [0.4, 0.5) is 6.01 Å². The summed E-state index contributed by atoms with van der Waals surface area (Å²) in [7, 11) is 1.82. The molecule has 0 aliphatic carbocycles. The molecule has 1 amide bonds. The summed E-state index contributed by atoms with van der Waals surface area (Å²) in [4.78, 5) is 29.2. The van der Waals surface area contributed by atoms with Crippen LogP contribution in [0.15, 0.2) is 29.1 Å².